The maximum absolute atomic E-state index is 11.6. The predicted molar refractivity (Wildman–Crippen MR) is 59.4 cm³/mol. The van der Waals surface area contributed by atoms with Crippen molar-refractivity contribution in [3.63, 3.8) is 0 Å². The summed E-state index contributed by atoms with van der Waals surface area (Å²) < 4.78 is 0. The summed E-state index contributed by atoms with van der Waals surface area (Å²) in [6.45, 7) is 3.77. The van der Waals surface area contributed by atoms with E-state index in [9.17, 15) is 9.90 Å². The molecule has 1 N–H and O–H groups in total. The van der Waals surface area contributed by atoms with E-state index in [2.05, 4.69) is 13.0 Å². The van der Waals surface area contributed by atoms with Crippen molar-refractivity contribution in [2.75, 3.05) is 0 Å². The van der Waals surface area contributed by atoms with E-state index in [0.717, 1.165) is 25.7 Å². The van der Waals surface area contributed by atoms with Crippen LogP contribution < -0.4 is 0 Å². The van der Waals surface area contributed by atoms with E-state index >= 15 is 0 Å². The zero-order valence-corrected chi connectivity index (χ0v) is 9.57. The number of hydrogen-bond acceptors (Lipinski definition) is 2. The average Bonchev–Trinajstić information content (AvgIpc) is 2.18. The third-order valence-electron chi connectivity index (χ3n) is 4.03. The third kappa shape index (κ3) is 2.00. The van der Waals surface area contributed by atoms with Crippen molar-refractivity contribution >= 4 is 5.78 Å². The Morgan fingerprint density at radius 2 is 2.20 bits per heavy atom. The molecule has 0 spiro atoms. The zero-order valence-electron chi connectivity index (χ0n) is 9.57. The second-order valence-corrected chi connectivity index (χ2v) is 5.17. The van der Waals surface area contributed by atoms with Crippen molar-refractivity contribution in [1.29, 1.82) is 0 Å². The molecule has 0 unspecified atom stereocenters. The summed E-state index contributed by atoms with van der Waals surface area (Å²) in [5, 5.41) is 9.97. The van der Waals surface area contributed by atoms with Crippen LogP contribution in [0, 0.1) is 17.8 Å². The Kier molecular flexibility index (Phi) is 2.96. The van der Waals surface area contributed by atoms with Crippen LogP contribution in [0.2, 0.25) is 0 Å². The topological polar surface area (TPSA) is 37.3 Å². The summed E-state index contributed by atoms with van der Waals surface area (Å²) in [5.74, 6) is 1.10. The molecule has 0 heterocycles. The second kappa shape index (κ2) is 4.09. The summed E-state index contributed by atoms with van der Waals surface area (Å²) in [4.78, 5) is 11.6. The Morgan fingerprint density at radius 1 is 1.47 bits per heavy atom. The van der Waals surface area contributed by atoms with E-state index in [0.29, 0.717) is 11.7 Å². The lowest BCUT2D eigenvalue weighted by molar-refractivity contribution is -0.124. The lowest BCUT2D eigenvalue weighted by atomic mass is 9.65. The summed E-state index contributed by atoms with van der Waals surface area (Å²) in [7, 11) is 0. The molecule has 0 aromatic carbocycles. The minimum absolute atomic E-state index is 0.162. The highest BCUT2D eigenvalue weighted by Crippen LogP contribution is 2.43. The molecule has 2 aliphatic carbocycles. The van der Waals surface area contributed by atoms with Gasteiger partial charge in [-0.05, 0) is 39.0 Å². The molecule has 2 heteroatoms. The number of hydrogen-bond donors (Lipinski definition) is 1. The van der Waals surface area contributed by atoms with E-state index in [1.54, 1.807) is 6.92 Å². The van der Waals surface area contributed by atoms with Crippen LogP contribution in [0.15, 0.2) is 11.6 Å². The highest BCUT2D eigenvalue weighted by molar-refractivity contribution is 5.79. The molecule has 0 saturated heterocycles. The standard InChI is InChI=1S/C13H20O2/c1-8-6-11(9(2)14)10-4-3-5-13(15)12(10)7-8/h7,10-13,15H,3-6H2,1-2H3/t10-,11-,12-,13+/m1/s1. The van der Waals surface area contributed by atoms with E-state index in [1.165, 1.54) is 5.57 Å². The molecule has 0 aromatic rings. The quantitative estimate of drug-likeness (QED) is 0.671. The number of aliphatic hydroxyl groups is 1. The first-order valence-electron chi connectivity index (χ1n) is 5.95. The van der Waals surface area contributed by atoms with Gasteiger partial charge in [0.1, 0.15) is 5.78 Å². The first-order chi connectivity index (χ1) is 7.09. The van der Waals surface area contributed by atoms with E-state index in [-0.39, 0.29) is 17.9 Å². The summed E-state index contributed by atoms with van der Waals surface area (Å²) >= 11 is 0. The number of aliphatic hydroxyl groups excluding tert-OH is 1. The van der Waals surface area contributed by atoms with Crippen LogP contribution in [-0.4, -0.2) is 17.0 Å². The highest BCUT2D eigenvalue weighted by atomic mass is 16.3. The predicted octanol–water partition coefficient (Wildman–Crippen LogP) is 2.32. The number of allylic oxidation sites excluding steroid dienone is 1. The van der Waals surface area contributed by atoms with Crippen LogP contribution in [0.25, 0.3) is 0 Å². The molecule has 2 aliphatic rings. The molecular formula is C13H20O2. The van der Waals surface area contributed by atoms with Crippen molar-refractivity contribution in [3.05, 3.63) is 11.6 Å². The van der Waals surface area contributed by atoms with E-state index in [1.807, 2.05) is 0 Å². The van der Waals surface area contributed by atoms with Gasteiger partial charge in [-0.3, -0.25) is 4.79 Å². The van der Waals surface area contributed by atoms with Gasteiger partial charge < -0.3 is 5.11 Å². The Labute approximate surface area is 91.4 Å². The maximum Gasteiger partial charge on any atom is 0.133 e. The van der Waals surface area contributed by atoms with Gasteiger partial charge in [-0.15, -0.1) is 0 Å². The van der Waals surface area contributed by atoms with Crippen LogP contribution >= 0.6 is 0 Å². The lowest BCUT2D eigenvalue weighted by Crippen LogP contribution is -2.40. The number of carbonyl (C=O) groups excluding carboxylic acids is 1. The van der Waals surface area contributed by atoms with Gasteiger partial charge in [0.25, 0.3) is 0 Å². The zero-order chi connectivity index (χ0) is 11.0. The van der Waals surface area contributed by atoms with Crippen molar-refractivity contribution in [2.24, 2.45) is 17.8 Å². The second-order valence-electron chi connectivity index (χ2n) is 5.17. The summed E-state index contributed by atoms with van der Waals surface area (Å²) in [5.41, 5.74) is 1.28. The van der Waals surface area contributed by atoms with Crippen molar-refractivity contribution in [3.8, 4) is 0 Å². The number of rotatable bonds is 1. The van der Waals surface area contributed by atoms with Crippen molar-refractivity contribution in [1.82, 2.24) is 0 Å². The minimum atomic E-state index is -0.221. The van der Waals surface area contributed by atoms with Crippen LogP contribution in [-0.2, 0) is 4.79 Å². The fraction of sp³-hybridized carbons (Fsp3) is 0.769. The smallest absolute Gasteiger partial charge is 0.133 e. The molecule has 1 saturated carbocycles. The average molecular weight is 208 g/mol. The molecule has 1 fully saturated rings. The van der Waals surface area contributed by atoms with Crippen LogP contribution in [0.4, 0.5) is 0 Å². The van der Waals surface area contributed by atoms with Gasteiger partial charge in [0.05, 0.1) is 6.10 Å². The molecule has 0 amide bonds. The van der Waals surface area contributed by atoms with E-state index < -0.39 is 0 Å². The molecule has 0 aromatic heterocycles. The summed E-state index contributed by atoms with van der Waals surface area (Å²) in [6.07, 6.45) is 5.96. The fourth-order valence-corrected chi connectivity index (χ4v) is 3.28. The molecule has 0 bridgehead atoms. The van der Waals surface area contributed by atoms with Gasteiger partial charge in [0.2, 0.25) is 0 Å². The molecule has 15 heavy (non-hydrogen) atoms. The van der Waals surface area contributed by atoms with Crippen molar-refractivity contribution in [2.45, 2.75) is 45.6 Å². The number of carbonyl (C=O) groups is 1. The molecule has 4 atom stereocenters. The molecular weight excluding hydrogens is 188 g/mol. The molecule has 84 valence electrons. The van der Waals surface area contributed by atoms with Gasteiger partial charge in [-0.25, -0.2) is 0 Å². The maximum atomic E-state index is 11.6. The molecule has 2 rings (SSSR count). The van der Waals surface area contributed by atoms with Gasteiger partial charge in [-0.2, -0.15) is 0 Å². The Hall–Kier alpha value is -0.630. The van der Waals surface area contributed by atoms with Crippen LogP contribution in [0.5, 0.6) is 0 Å². The largest absolute Gasteiger partial charge is 0.393 e. The molecule has 0 radical (unpaired) electrons. The highest BCUT2D eigenvalue weighted by Gasteiger charge is 2.40. The van der Waals surface area contributed by atoms with Gasteiger partial charge in [-0.1, -0.05) is 18.1 Å². The molecule has 2 nitrogen and oxygen atoms in total. The summed E-state index contributed by atoms with van der Waals surface area (Å²) in [6, 6.07) is 0. The minimum Gasteiger partial charge on any atom is -0.393 e. The van der Waals surface area contributed by atoms with Crippen LogP contribution in [0.3, 0.4) is 0 Å². The van der Waals surface area contributed by atoms with Gasteiger partial charge in [0, 0.05) is 11.8 Å². The first-order valence-corrected chi connectivity index (χ1v) is 5.95. The first kappa shape index (κ1) is 10.9. The Morgan fingerprint density at radius 3 is 2.87 bits per heavy atom. The van der Waals surface area contributed by atoms with E-state index in [4.69, 9.17) is 0 Å². The van der Waals surface area contributed by atoms with Crippen molar-refractivity contribution < 1.29 is 9.90 Å². The normalized spacial score (nSPS) is 40.6. The Bertz CT molecular complexity index is 293. The number of ketones is 1. The van der Waals surface area contributed by atoms with Gasteiger partial charge in [0.15, 0.2) is 0 Å². The number of Topliss-reactive ketones (excluding diaryl/α,β-unsaturated/α-hetero) is 1. The monoisotopic (exact) mass is 208 g/mol. The Balaban J connectivity index is 2.25. The SMILES string of the molecule is CC(=O)[C@H]1CC(C)=C[C@@H]2[C@@H]1CCC[C@@H]2O. The van der Waals surface area contributed by atoms with Gasteiger partial charge >= 0.3 is 0 Å². The van der Waals surface area contributed by atoms with Crippen LogP contribution in [0.1, 0.15) is 39.5 Å². The fourth-order valence-electron chi connectivity index (χ4n) is 3.28. The number of fused-ring (bicyclic) bond motifs is 1. The lowest BCUT2D eigenvalue weighted by Gasteiger charge is -2.41. The molecule has 0 aliphatic heterocycles. The third-order valence-corrected chi connectivity index (χ3v) is 4.03.